The van der Waals surface area contributed by atoms with Crippen LogP contribution in [-0.2, 0) is 22.0 Å². The van der Waals surface area contributed by atoms with E-state index in [1.54, 1.807) is 24.6 Å². The summed E-state index contributed by atoms with van der Waals surface area (Å²) in [7, 11) is 1.87. The maximum absolute atomic E-state index is 13.4. The van der Waals surface area contributed by atoms with E-state index < -0.39 is 21.2 Å². The van der Waals surface area contributed by atoms with Crippen LogP contribution in [0.3, 0.4) is 0 Å². The fourth-order valence-corrected chi connectivity index (χ4v) is 7.77. The minimum atomic E-state index is -3.71. The molecule has 3 aromatic rings. The van der Waals surface area contributed by atoms with Crippen molar-refractivity contribution in [3.8, 4) is 5.75 Å². The van der Waals surface area contributed by atoms with Crippen LogP contribution in [0.15, 0.2) is 76.3 Å². The maximum Gasteiger partial charge on any atom is 0.250 e. The molecule has 8 heteroatoms. The number of aliphatic hydroxyl groups is 1. The molecule has 3 atom stereocenters. The van der Waals surface area contributed by atoms with Gasteiger partial charge in [-0.25, -0.2) is 13.1 Å². The molecule has 1 aromatic heterocycles. The average molecular weight is 515 g/mol. The zero-order valence-electron chi connectivity index (χ0n) is 20.5. The van der Waals surface area contributed by atoms with Crippen molar-refractivity contribution in [1.29, 1.82) is 0 Å². The van der Waals surface area contributed by atoms with Gasteiger partial charge in [0.2, 0.25) is 0 Å². The number of nitrogens with zero attached hydrogens (tertiary/aromatic N) is 1. The van der Waals surface area contributed by atoms with E-state index in [1.165, 1.54) is 11.3 Å². The second kappa shape index (κ2) is 10.4. The molecule has 1 aliphatic carbocycles. The van der Waals surface area contributed by atoms with E-state index in [1.807, 2.05) is 68.7 Å². The van der Waals surface area contributed by atoms with Crippen LogP contribution in [0.25, 0.3) is 0 Å². The van der Waals surface area contributed by atoms with Gasteiger partial charge >= 0.3 is 0 Å². The van der Waals surface area contributed by atoms with Gasteiger partial charge in [-0.3, -0.25) is 0 Å². The summed E-state index contributed by atoms with van der Waals surface area (Å²) in [4.78, 5) is 2.06. The molecule has 188 valence electrons. The Hall–Kier alpha value is -2.23. The summed E-state index contributed by atoms with van der Waals surface area (Å²) in [6.07, 6.45) is 1.98. The van der Waals surface area contributed by atoms with Gasteiger partial charge in [0.05, 0.1) is 12.7 Å². The minimum Gasteiger partial charge on any atom is -0.497 e. The van der Waals surface area contributed by atoms with E-state index in [-0.39, 0.29) is 5.92 Å². The first-order chi connectivity index (χ1) is 16.7. The summed E-state index contributed by atoms with van der Waals surface area (Å²) in [6.45, 7) is 0.616. The number of thiophene rings is 1. The van der Waals surface area contributed by atoms with Crippen LogP contribution in [0.1, 0.15) is 30.4 Å². The Morgan fingerprint density at radius 1 is 1.09 bits per heavy atom. The first-order valence-electron chi connectivity index (χ1n) is 11.8. The summed E-state index contributed by atoms with van der Waals surface area (Å²) in [5, 5.41) is 13.9. The number of methoxy groups -OCH3 is 1. The van der Waals surface area contributed by atoms with E-state index in [4.69, 9.17) is 4.74 Å². The predicted octanol–water partition coefficient (Wildman–Crippen LogP) is 4.27. The second-order valence-corrected chi connectivity index (χ2v) is 12.7. The zero-order valence-corrected chi connectivity index (χ0v) is 22.1. The highest BCUT2D eigenvalue weighted by molar-refractivity contribution is 7.91. The van der Waals surface area contributed by atoms with Gasteiger partial charge in [-0.15, -0.1) is 11.3 Å². The number of nitrogens with one attached hydrogen (secondary N) is 1. The van der Waals surface area contributed by atoms with E-state index >= 15 is 0 Å². The summed E-state index contributed by atoms with van der Waals surface area (Å²) >= 11 is 1.21. The fraction of sp³-hybridized carbons (Fsp3) is 0.407. The first kappa shape index (κ1) is 25.9. The van der Waals surface area contributed by atoms with Crippen molar-refractivity contribution in [3.63, 3.8) is 0 Å². The topological polar surface area (TPSA) is 78.9 Å². The maximum atomic E-state index is 13.4. The molecule has 0 radical (unpaired) electrons. The van der Waals surface area contributed by atoms with Gasteiger partial charge in [0.15, 0.2) is 0 Å². The van der Waals surface area contributed by atoms with Gasteiger partial charge < -0.3 is 14.7 Å². The van der Waals surface area contributed by atoms with Crippen molar-refractivity contribution in [3.05, 3.63) is 83.2 Å². The van der Waals surface area contributed by atoms with Crippen molar-refractivity contribution < 1.29 is 18.3 Å². The van der Waals surface area contributed by atoms with Crippen molar-refractivity contribution >= 4 is 21.4 Å². The van der Waals surface area contributed by atoms with Gasteiger partial charge in [-0.05, 0) is 74.5 Å². The summed E-state index contributed by atoms with van der Waals surface area (Å²) in [5.74, 6) is 0.493. The minimum absolute atomic E-state index is 0.201. The fourth-order valence-electron chi connectivity index (χ4n) is 5.33. The lowest BCUT2D eigenvalue weighted by atomic mass is 9.63. The quantitative estimate of drug-likeness (QED) is 0.446. The molecule has 1 heterocycles. The first-order valence-corrected chi connectivity index (χ1v) is 14.2. The molecule has 0 amide bonds. The van der Waals surface area contributed by atoms with Gasteiger partial charge in [0.1, 0.15) is 9.96 Å². The Bertz CT molecular complexity index is 1210. The molecule has 35 heavy (non-hydrogen) atoms. The van der Waals surface area contributed by atoms with E-state index in [2.05, 4.69) is 9.62 Å². The molecule has 0 bridgehead atoms. The van der Waals surface area contributed by atoms with Crippen LogP contribution < -0.4 is 9.46 Å². The van der Waals surface area contributed by atoms with Crippen LogP contribution in [0.2, 0.25) is 0 Å². The lowest BCUT2D eigenvalue weighted by Gasteiger charge is -2.50. The van der Waals surface area contributed by atoms with Gasteiger partial charge in [-0.1, -0.05) is 48.5 Å². The van der Waals surface area contributed by atoms with E-state index in [0.717, 1.165) is 11.1 Å². The molecule has 1 aliphatic rings. The third-order valence-electron chi connectivity index (χ3n) is 6.95. The Labute approximate surface area is 212 Å². The molecular weight excluding hydrogens is 480 g/mol. The Kier molecular flexibility index (Phi) is 7.68. The number of ether oxygens (including phenoxy) is 1. The van der Waals surface area contributed by atoms with Crippen LogP contribution in [0, 0.1) is 5.92 Å². The lowest BCUT2D eigenvalue weighted by Crippen LogP contribution is -2.59. The average Bonchev–Trinajstić information content (AvgIpc) is 3.38. The largest absolute Gasteiger partial charge is 0.497 e. The number of hydrogen-bond acceptors (Lipinski definition) is 6. The van der Waals surface area contributed by atoms with E-state index in [9.17, 15) is 13.5 Å². The number of benzene rings is 2. The Morgan fingerprint density at radius 3 is 2.51 bits per heavy atom. The summed E-state index contributed by atoms with van der Waals surface area (Å²) < 4.78 is 35.7. The molecule has 6 nitrogen and oxygen atoms in total. The summed E-state index contributed by atoms with van der Waals surface area (Å²) in [6, 6.07) is 21.0. The molecule has 0 spiro atoms. The zero-order chi connectivity index (χ0) is 25.1. The molecule has 1 fully saturated rings. The SMILES string of the molecule is COc1cccc(C2(O)CCC(Cc3ccccc3)(NS(=O)(=O)c3cccs3)CC2CN(C)C)c1. The number of sulfonamides is 1. The number of rotatable bonds is 9. The van der Waals surface area contributed by atoms with Crippen molar-refractivity contribution in [2.75, 3.05) is 27.7 Å². The van der Waals surface area contributed by atoms with Gasteiger partial charge in [0.25, 0.3) is 10.0 Å². The van der Waals surface area contributed by atoms with Gasteiger partial charge in [0, 0.05) is 18.0 Å². The van der Waals surface area contributed by atoms with Gasteiger partial charge in [-0.2, -0.15) is 0 Å². The molecule has 2 aromatic carbocycles. The molecule has 2 N–H and O–H groups in total. The van der Waals surface area contributed by atoms with E-state index in [0.29, 0.717) is 42.2 Å². The van der Waals surface area contributed by atoms with Crippen LogP contribution in [-0.4, -0.2) is 51.7 Å². The van der Waals surface area contributed by atoms with Crippen LogP contribution in [0.5, 0.6) is 5.75 Å². The molecular formula is C27H34N2O4S2. The Balaban J connectivity index is 1.74. The van der Waals surface area contributed by atoms with Crippen LogP contribution >= 0.6 is 11.3 Å². The Morgan fingerprint density at radius 2 is 1.86 bits per heavy atom. The highest BCUT2D eigenvalue weighted by Gasteiger charge is 2.51. The predicted molar refractivity (Wildman–Crippen MR) is 140 cm³/mol. The third kappa shape index (κ3) is 5.78. The summed E-state index contributed by atoms with van der Waals surface area (Å²) in [5.41, 5.74) is 0.0403. The molecule has 0 saturated heterocycles. The lowest BCUT2D eigenvalue weighted by molar-refractivity contribution is -0.0828. The van der Waals surface area contributed by atoms with Crippen LogP contribution in [0.4, 0.5) is 0 Å². The van der Waals surface area contributed by atoms with Crippen molar-refractivity contribution in [2.45, 2.75) is 41.0 Å². The molecule has 3 unspecified atom stereocenters. The van der Waals surface area contributed by atoms with Crippen molar-refractivity contribution in [2.24, 2.45) is 5.92 Å². The monoisotopic (exact) mass is 514 g/mol. The highest BCUT2D eigenvalue weighted by atomic mass is 32.2. The highest BCUT2D eigenvalue weighted by Crippen LogP contribution is 2.48. The second-order valence-electron chi connectivity index (χ2n) is 9.80. The molecule has 0 aliphatic heterocycles. The number of hydrogen-bond donors (Lipinski definition) is 2. The standard InChI is InChI=1S/C27H34N2O4S2/c1-29(2)20-23-19-26(18-21-9-5-4-6-10-21,28-35(31,32)25-13-8-16-34-25)14-15-27(23,30)22-11-7-12-24(17-22)33-3/h4-13,16-17,23,28,30H,14-15,18-20H2,1-3H3. The normalized spacial score (nSPS) is 25.0. The third-order valence-corrected chi connectivity index (χ3v) is 9.92. The smallest absolute Gasteiger partial charge is 0.250 e. The molecule has 4 rings (SSSR count). The molecule has 1 saturated carbocycles. The van der Waals surface area contributed by atoms with Crippen molar-refractivity contribution in [1.82, 2.24) is 9.62 Å².